The highest BCUT2D eigenvalue weighted by Gasteiger charge is 2.15. The Bertz CT molecular complexity index is 515. The molecule has 0 bridgehead atoms. The average molecular weight is 399 g/mol. The summed E-state index contributed by atoms with van der Waals surface area (Å²) in [5.41, 5.74) is 6.38. The maximum atomic E-state index is 6.06. The third-order valence-corrected chi connectivity index (χ3v) is 3.70. The maximum absolute atomic E-state index is 6.06. The Labute approximate surface area is 113 Å². The van der Waals surface area contributed by atoms with Crippen LogP contribution < -0.4 is 5.73 Å². The Morgan fingerprint density at radius 2 is 2.20 bits per heavy atom. The fourth-order valence-corrected chi connectivity index (χ4v) is 2.18. The van der Waals surface area contributed by atoms with Crippen LogP contribution in [0, 0.1) is 3.57 Å². The fourth-order valence-electron chi connectivity index (χ4n) is 1.13. The number of benzene rings is 1. The maximum Gasteiger partial charge on any atom is 0.183 e. The summed E-state index contributed by atoms with van der Waals surface area (Å²) in [6.07, 6.45) is 0. The van der Waals surface area contributed by atoms with Gasteiger partial charge in [0.1, 0.15) is 3.57 Å². The Morgan fingerprint density at radius 1 is 1.47 bits per heavy atom. The summed E-state index contributed by atoms with van der Waals surface area (Å²) in [7, 11) is 0. The molecule has 0 aliphatic heterocycles. The fraction of sp³-hybridized carbons (Fsp3) is 0. The lowest BCUT2D eigenvalue weighted by Gasteiger charge is -2.00. The van der Waals surface area contributed by atoms with Crippen molar-refractivity contribution in [3.8, 4) is 11.3 Å². The summed E-state index contributed by atoms with van der Waals surface area (Å²) < 4.78 is 6.82. The predicted octanol–water partition coefficient (Wildman–Crippen LogP) is 3.94. The van der Waals surface area contributed by atoms with Crippen molar-refractivity contribution in [2.75, 3.05) is 5.73 Å². The van der Waals surface area contributed by atoms with Crippen LogP contribution in [0.2, 0.25) is 5.02 Å². The molecule has 2 N–H and O–H groups in total. The second-order valence-electron chi connectivity index (χ2n) is 2.84. The van der Waals surface area contributed by atoms with Gasteiger partial charge in [0, 0.05) is 10.0 Å². The molecule has 0 fully saturated rings. The first-order valence-electron chi connectivity index (χ1n) is 3.95. The molecule has 78 valence electrons. The lowest BCUT2D eigenvalue weighted by molar-refractivity contribution is 0.435. The number of rotatable bonds is 1. The highest BCUT2D eigenvalue weighted by molar-refractivity contribution is 14.1. The van der Waals surface area contributed by atoms with Gasteiger partial charge in [0.15, 0.2) is 11.6 Å². The Morgan fingerprint density at radius 3 is 2.80 bits per heavy atom. The molecule has 6 heteroatoms. The number of nitrogen functional groups attached to an aromatic ring is 1. The quantitative estimate of drug-likeness (QED) is 0.739. The van der Waals surface area contributed by atoms with E-state index in [-0.39, 0.29) is 0 Å². The number of anilines is 1. The van der Waals surface area contributed by atoms with Gasteiger partial charge >= 0.3 is 0 Å². The van der Waals surface area contributed by atoms with Crippen molar-refractivity contribution in [2.45, 2.75) is 0 Å². The van der Waals surface area contributed by atoms with E-state index >= 15 is 0 Å². The summed E-state index contributed by atoms with van der Waals surface area (Å²) in [4.78, 5) is 0. The largest absolute Gasteiger partial charge is 0.380 e. The molecule has 1 aromatic carbocycles. The third-order valence-electron chi connectivity index (χ3n) is 1.83. The lowest BCUT2D eigenvalue weighted by Crippen LogP contribution is -1.86. The minimum absolute atomic E-state index is 0.377. The van der Waals surface area contributed by atoms with Gasteiger partial charge in [-0.2, -0.15) is 0 Å². The van der Waals surface area contributed by atoms with Crippen LogP contribution in [0.15, 0.2) is 27.2 Å². The van der Waals surface area contributed by atoms with Gasteiger partial charge in [0.2, 0.25) is 0 Å². The van der Waals surface area contributed by atoms with E-state index in [4.69, 9.17) is 21.9 Å². The molecule has 0 saturated heterocycles. The van der Waals surface area contributed by atoms with Crippen LogP contribution in [0.1, 0.15) is 0 Å². The normalized spacial score (nSPS) is 10.6. The van der Waals surface area contributed by atoms with Gasteiger partial charge < -0.3 is 10.3 Å². The summed E-state index contributed by atoms with van der Waals surface area (Å²) in [6, 6.07) is 5.51. The van der Waals surface area contributed by atoms with Gasteiger partial charge in [-0.1, -0.05) is 32.7 Å². The van der Waals surface area contributed by atoms with Gasteiger partial charge in [-0.25, -0.2) is 0 Å². The molecule has 0 aliphatic rings. The number of hydrogen-bond acceptors (Lipinski definition) is 3. The molecule has 1 aromatic heterocycles. The molecule has 0 radical (unpaired) electrons. The predicted molar refractivity (Wildman–Crippen MR) is 71.8 cm³/mol. The van der Waals surface area contributed by atoms with Crippen LogP contribution >= 0.6 is 50.1 Å². The van der Waals surface area contributed by atoms with E-state index in [0.717, 1.165) is 13.6 Å². The van der Waals surface area contributed by atoms with E-state index in [1.165, 1.54) is 0 Å². The van der Waals surface area contributed by atoms with Crippen molar-refractivity contribution in [2.24, 2.45) is 0 Å². The van der Waals surface area contributed by atoms with Crippen molar-refractivity contribution < 1.29 is 4.52 Å². The van der Waals surface area contributed by atoms with Crippen LogP contribution in [0.4, 0.5) is 5.82 Å². The number of nitrogens with zero attached hydrogens (tertiary/aromatic N) is 1. The standard InChI is InChI=1S/C9H5BrClIN2O/c10-4-1-2-6(11)5(3-4)8-7(12)9(13)14-15-8/h1-3H,(H2,13,14). The van der Waals surface area contributed by atoms with Crippen LogP contribution in [0.3, 0.4) is 0 Å². The summed E-state index contributed by atoms with van der Waals surface area (Å²) in [6.45, 7) is 0. The van der Waals surface area contributed by atoms with Crippen molar-refractivity contribution in [3.63, 3.8) is 0 Å². The van der Waals surface area contributed by atoms with Crippen molar-refractivity contribution in [1.29, 1.82) is 0 Å². The van der Waals surface area contributed by atoms with Gasteiger partial charge in [-0.3, -0.25) is 0 Å². The molecule has 0 amide bonds. The van der Waals surface area contributed by atoms with Crippen LogP contribution in [0.25, 0.3) is 11.3 Å². The first kappa shape index (κ1) is 11.2. The SMILES string of the molecule is Nc1noc(-c2cc(Br)ccc2Cl)c1I. The van der Waals surface area contributed by atoms with E-state index in [2.05, 4.69) is 43.7 Å². The molecule has 0 atom stereocenters. The Kier molecular flexibility index (Phi) is 3.22. The molecular weight excluding hydrogens is 394 g/mol. The molecule has 0 spiro atoms. The monoisotopic (exact) mass is 398 g/mol. The average Bonchev–Trinajstić information content (AvgIpc) is 2.52. The molecule has 0 aliphatic carbocycles. The Hall–Kier alpha value is -0.270. The zero-order chi connectivity index (χ0) is 11.0. The van der Waals surface area contributed by atoms with Crippen molar-refractivity contribution in [3.05, 3.63) is 31.3 Å². The number of halogens is 3. The van der Waals surface area contributed by atoms with E-state index in [1.54, 1.807) is 6.07 Å². The molecular formula is C9H5BrClIN2O. The lowest BCUT2D eigenvalue weighted by atomic mass is 10.2. The molecule has 15 heavy (non-hydrogen) atoms. The summed E-state index contributed by atoms with van der Waals surface area (Å²) in [5.74, 6) is 0.973. The molecule has 2 aromatic rings. The number of hydrogen-bond donors (Lipinski definition) is 1. The summed E-state index contributed by atoms with van der Waals surface area (Å²) >= 11 is 11.5. The second kappa shape index (κ2) is 4.31. The van der Waals surface area contributed by atoms with Gasteiger partial charge in [0.05, 0.1) is 5.02 Å². The molecule has 3 nitrogen and oxygen atoms in total. The summed E-state index contributed by atoms with van der Waals surface area (Å²) in [5, 5.41) is 4.29. The van der Waals surface area contributed by atoms with Crippen LogP contribution in [-0.2, 0) is 0 Å². The van der Waals surface area contributed by atoms with Gasteiger partial charge in [-0.15, -0.1) is 0 Å². The molecule has 0 unspecified atom stereocenters. The highest BCUT2D eigenvalue weighted by Crippen LogP contribution is 2.35. The molecule has 1 heterocycles. The second-order valence-corrected chi connectivity index (χ2v) is 5.24. The van der Waals surface area contributed by atoms with Gasteiger partial charge in [0.25, 0.3) is 0 Å². The van der Waals surface area contributed by atoms with E-state index in [0.29, 0.717) is 16.6 Å². The van der Waals surface area contributed by atoms with E-state index in [1.807, 2.05) is 12.1 Å². The van der Waals surface area contributed by atoms with Crippen LogP contribution in [0.5, 0.6) is 0 Å². The third kappa shape index (κ3) is 2.14. The first-order valence-corrected chi connectivity index (χ1v) is 6.20. The van der Waals surface area contributed by atoms with Gasteiger partial charge in [-0.05, 0) is 40.8 Å². The highest BCUT2D eigenvalue weighted by atomic mass is 127. The topological polar surface area (TPSA) is 52.0 Å². The smallest absolute Gasteiger partial charge is 0.183 e. The minimum atomic E-state index is 0.377. The Balaban J connectivity index is 2.63. The zero-order valence-corrected chi connectivity index (χ0v) is 11.8. The van der Waals surface area contributed by atoms with Crippen LogP contribution in [-0.4, -0.2) is 5.16 Å². The molecule has 0 saturated carbocycles. The van der Waals surface area contributed by atoms with Crippen molar-refractivity contribution >= 4 is 55.9 Å². The number of nitrogens with two attached hydrogens (primary N) is 1. The van der Waals surface area contributed by atoms with Crippen molar-refractivity contribution in [1.82, 2.24) is 5.16 Å². The number of aromatic nitrogens is 1. The minimum Gasteiger partial charge on any atom is -0.380 e. The van der Waals surface area contributed by atoms with E-state index in [9.17, 15) is 0 Å². The van der Waals surface area contributed by atoms with E-state index < -0.39 is 0 Å². The zero-order valence-electron chi connectivity index (χ0n) is 7.30. The molecule has 2 rings (SSSR count). The first-order chi connectivity index (χ1) is 7.09.